The number of nitrogens with one attached hydrogen (secondary N) is 1. The molecule has 0 bridgehead atoms. The predicted molar refractivity (Wildman–Crippen MR) is 75.5 cm³/mol. The maximum Gasteiger partial charge on any atom is 0.224 e. The number of hydrogen-bond donors (Lipinski definition) is 1. The SMILES string of the molecule is CCNC(=O)C1CCCN(OC2CCC=CCC2)C1. The van der Waals surface area contributed by atoms with E-state index in [0.717, 1.165) is 51.6 Å². The largest absolute Gasteiger partial charge is 0.356 e. The first-order chi connectivity index (χ1) is 9.29. The summed E-state index contributed by atoms with van der Waals surface area (Å²) in [4.78, 5) is 18.0. The number of carbonyl (C=O) groups excluding carboxylic acids is 1. The standard InChI is InChI=1S/C15H26N2O2/c1-2-16-15(18)13-8-7-11-17(12-13)19-14-9-5-3-4-6-10-14/h3-4,13-14H,2,5-12H2,1H3,(H,16,18). The zero-order chi connectivity index (χ0) is 13.5. The monoisotopic (exact) mass is 266 g/mol. The number of piperidine rings is 1. The smallest absolute Gasteiger partial charge is 0.224 e. The van der Waals surface area contributed by atoms with Crippen LogP contribution in [0, 0.1) is 5.92 Å². The van der Waals surface area contributed by atoms with E-state index in [4.69, 9.17) is 4.84 Å². The van der Waals surface area contributed by atoms with Crippen LogP contribution in [0.4, 0.5) is 0 Å². The molecule has 0 radical (unpaired) electrons. The number of carbonyl (C=O) groups is 1. The Kier molecular flexibility index (Phi) is 5.86. The van der Waals surface area contributed by atoms with Gasteiger partial charge in [-0.1, -0.05) is 12.2 Å². The van der Waals surface area contributed by atoms with Gasteiger partial charge in [0.2, 0.25) is 5.91 Å². The molecule has 1 aliphatic carbocycles. The number of hydroxylamine groups is 2. The summed E-state index contributed by atoms with van der Waals surface area (Å²) in [5.74, 6) is 0.274. The molecule has 0 spiro atoms. The van der Waals surface area contributed by atoms with Gasteiger partial charge in [0.05, 0.1) is 12.0 Å². The Morgan fingerprint density at radius 3 is 2.74 bits per heavy atom. The normalized spacial score (nSPS) is 26.1. The van der Waals surface area contributed by atoms with Gasteiger partial charge in [0, 0.05) is 19.6 Å². The van der Waals surface area contributed by atoms with Crippen molar-refractivity contribution >= 4 is 5.91 Å². The first kappa shape index (κ1) is 14.5. The zero-order valence-electron chi connectivity index (χ0n) is 11.9. The number of nitrogens with zero attached hydrogens (tertiary/aromatic N) is 1. The van der Waals surface area contributed by atoms with Gasteiger partial charge in [-0.3, -0.25) is 9.63 Å². The Hall–Kier alpha value is -0.870. The lowest BCUT2D eigenvalue weighted by molar-refractivity contribution is -0.215. The fraction of sp³-hybridized carbons (Fsp3) is 0.800. The van der Waals surface area contributed by atoms with Crippen LogP contribution in [0.15, 0.2) is 12.2 Å². The highest BCUT2D eigenvalue weighted by Crippen LogP contribution is 2.21. The summed E-state index contributed by atoms with van der Waals surface area (Å²) in [6.07, 6.45) is 11.3. The molecule has 1 N–H and O–H groups in total. The van der Waals surface area contributed by atoms with Crippen molar-refractivity contribution in [1.29, 1.82) is 0 Å². The van der Waals surface area contributed by atoms with Gasteiger partial charge in [0.1, 0.15) is 0 Å². The maximum absolute atomic E-state index is 11.9. The average Bonchev–Trinajstić information content (AvgIpc) is 2.68. The Morgan fingerprint density at radius 1 is 1.32 bits per heavy atom. The minimum Gasteiger partial charge on any atom is -0.356 e. The topological polar surface area (TPSA) is 41.6 Å². The molecule has 1 fully saturated rings. The van der Waals surface area contributed by atoms with E-state index in [0.29, 0.717) is 12.6 Å². The Labute approximate surface area is 116 Å². The molecule has 2 aliphatic rings. The van der Waals surface area contributed by atoms with E-state index in [1.54, 1.807) is 0 Å². The summed E-state index contributed by atoms with van der Waals surface area (Å²) >= 11 is 0. The molecule has 1 saturated heterocycles. The summed E-state index contributed by atoms with van der Waals surface area (Å²) in [5.41, 5.74) is 0. The summed E-state index contributed by atoms with van der Waals surface area (Å²) in [6.45, 7) is 4.38. The van der Waals surface area contributed by atoms with Crippen molar-refractivity contribution in [3.63, 3.8) is 0 Å². The highest BCUT2D eigenvalue weighted by molar-refractivity contribution is 5.78. The first-order valence-corrected chi connectivity index (χ1v) is 7.64. The van der Waals surface area contributed by atoms with E-state index in [1.165, 1.54) is 0 Å². The van der Waals surface area contributed by atoms with Crippen LogP contribution in [0.2, 0.25) is 0 Å². The molecular formula is C15H26N2O2. The molecule has 4 nitrogen and oxygen atoms in total. The second-order valence-electron chi connectivity index (χ2n) is 5.48. The highest BCUT2D eigenvalue weighted by Gasteiger charge is 2.27. The van der Waals surface area contributed by atoms with Gasteiger partial charge in [0.15, 0.2) is 0 Å². The lowest BCUT2D eigenvalue weighted by Gasteiger charge is -2.33. The third-order valence-electron chi connectivity index (χ3n) is 3.88. The van der Waals surface area contributed by atoms with Crippen LogP contribution in [-0.2, 0) is 9.63 Å². The van der Waals surface area contributed by atoms with Gasteiger partial charge >= 0.3 is 0 Å². The van der Waals surface area contributed by atoms with Crippen LogP contribution in [0.1, 0.15) is 45.4 Å². The minimum atomic E-state index is 0.0950. The van der Waals surface area contributed by atoms with Crippen molar-refractivity contribution in [2.75, 3.05) is 19.6 Å². The summed E-state index contributed by atoms with van der Waals surface area (Å²) < 4.78 is 0. The molecule has 1 atom stereocenters. The van der Waals surface area contributed by atoms with E-state index >= 15 is 0 Å². The van der Waals surface area contributed by atoms with Gasteiger partial charge in [-0.15, -0.1) is 0 Å². The molecule has 1 unspecified atom stereocenters. The Bertz CT molecular complexity index is 307. The van der Waals surface area contributed by atoms with Crippen molar-refractivity contribution in [2.24, 2.45) is 5.92 Å². The molecule has 19 heavy (non-hydrogen) atoms. The fourth-order valence-electron chi connectivity index (χ4n) is 2.83. The van der Waals surface area contributed by atoms with E-state index < -0.39 is 0 Å². The van der Waals surface area contributed by atoms with E-state index in [2.05, 4.69) is 17.5 Å². The zero-order valence-corrected chi connectivity index (χ0v) is 11.9. The van der Waals surface area contributed by atoms with Gasteiger partial charge in [-0.25, -0.2) is 0 Å². The second-order valence-corrected chi connectivity index (χ2v) is 5.48. The molecule has 1 aliphatic heterocycles. The number of allylic oxidation sites excluding steroid dienone is 2. The second kappa shape index (κ2) is 7.65. The van der Waals surface area contributed by atoms with Crippen molar-refractivity contribution in [3.8, 4) is 0 Å². The van der Waals surface area contributed by atoms with Crippen molar-refractivity contribution in [1.82, 2.24) is 10.4 Å². The number of hydrogen-bond acceptors (Lipinski definition) is 3. The molecule has 0 aromatic rings. The predicted octanol–water partition coefficient (Wildman–Crippen LogP) is 2.26. The number of amides is 1. The molecule has 0 aromatic heterocycles. The van der Waals surface area contributed by atoms with Gasteiger partial charge < -0.3 is 5.32 Å². The Balaban J connectivity index is 1.78. The molecule has 1 heterocycles. The minimum absolute atomic E-state index is 0.0950. The highest BCUT2D eigenvalue weighted by atomic mass is 16.7. The summed E-state index contributed by atoms with van der Waals surface area (Å²) in [7, 11) is 0. The average molecular weight is 266 g/mol. The van der Waals surface area contributed by atoms with Gasteiger partial charge in [-0.2, -0.15) is 5.06 Å². The van der Waals surface area contributed by atoms with Crippen LogP contribution in [0.5, 0.6) is 0 Å². The van der Waals surface area contributed by atoms with Crippen LogP contribution < -0.4 is 5.32 Å². The Morgan fingerprint density at radius 2 is 2.05 bits per heavy atom. The third kappa shape index (κ3) is 4.62. The lowest BCUT2D eigenvalue weighted by Crippen LogP contribution is -2.44. The van der Waals surface area contributed by atoms with E-state index in [1.807, 2.05) is 12.0 Å². The molecule has 1 amide bonds. The lowest BCUT2D eigenvalue weighted by atomic mass is 9.98. The van der Waals surface area contributed by atoms with Crippen LogP contribution in [-0.4, -0.2) is 36.7 Å². The van der Waals surface area contributed by atoms with Crippen molar-refractivity contribution < 1.29 is 9.63 Å². The van der Waals surface area contributed by atoms with Crippen LogP contribution >= 0.6 is 0 Å². The van der Waals surface area contributed by atoms with Gasteiger partial charge in [-0.05, 0) is 45.4 Å². The number of rotatable bonds is 4. The maximum atomic E-state index is 11.9. The molecule has 0 aromatic carbocycles. The quantitative estimate of drug-likeness (QED) is 0.794. The molecule has 2 rings (SSSR count). The van der Waals surface area contributed by atoms with E-state index in [-0.39, 0.29) is 11.8 Å². The van der Waals surface area contributed by atoms with Crippen LogP contribution in [0.25, 0.3) is 0 Å². The summed E-state index contributed by atoms with van der Waals surface area (Å²) in [6, 6.07) is 0. The van der Waals surface area contributed by atoms with Crippen LogP contribution in [0.3, 0.4) is 0 Å². The first-order valence-electron chi connectivity index (χ1n) is 7.64. The van der Waals surface area contributed by atoms with E-state index in [9.17, 15) is 4.79 Å². The van der Waals surface area contributed by atoms with Crippen molar-refractivity contribution in [3.05, 3.63) is 12.2 Å². The van der Waals surface area contributed by atoms with Crippen molar-refractivity contribution in [2.45, 2.75) is 51.6 Å². The van der Waals surface area contributed by atoms with Gasteiger partial charge in [0.25, 0.3) is 0 Å². The molecular weight excluding hydrogens is 240 g/mol. The fourth-order valence-corrected chi connectivity index (χ4v) is 2.83. The summed E-state index contributed by atoms with van der Waals surface area (Å²) in [5, 5.41) is 4.95. The molecule has 0 saturated carbocycles. The molecule has 108 valence electrons. The molecule has 4 heteroatoms. The third-order valence-corrected chi connectivity index (χ3v) is 3.88.